The summed E-state index contributed by atoms with van der Waals surface area (Å²) in [4.78, 5) is 12.1. The van der Waals surface area contributed by atoms with E-state index in [4.69, 9.17) is 4.74 Å². The first-order valence-electron chi connectivity index (χ1n) is 7.08. The van der Waals surface area contributed by atoms with Crippen LogP contribution >= 0.6 is 0 Å². The van der Waals surface area contributed by atoms with Gasteiger partial charge in [-0.05, 0) is 51.1 Å². The molecule has 0 atom stereocenters. The molecule has 5 heteroatoms. The van der Waals surface area contributed by atoms with E-state index in [1.807, 2.05) is 55.8 Å². The van der Waals surface area contributed by atoms with Crippen LogP contribution in [0.4, 0.5) is 0 Å². The fraction of sp³-hybridized carbons (Fsp3) is 0.375. The molecule has 0 radical (unpaired) electrons. The zero-order valence-corrected chi connectivity index (χ0v) is 12.9. The Hall–Kier alpha value is -2.30. The van der Waals surface area contributed by atoms with Crippen LogP contribution in [0.25, 0.3) is 11.3 Å². The zero-order chi connectivity index (χ0) is 15.4. The molecule has 0 unspecified atom stereocenters. The molecule has 1 amide bonds. The molecule has 0 bridgehead atoms. The summed E-state index contributed by atoms with van der Waals surface area (Å²) in [5.41, 5.74) is 2.37. The molecule has 0 aliphatic rings. The van der Waals surface area contributed by atoms with Gasteiger partial charge in [-0.1, -0.05) is 0 Å². The summed E-state index contributed by atoms with van der Waals surface area (Å²) in [5.74, 6) is 0.658. The van der Waals surface area contributed by atoms with Gasteiger partial charge in [0.2, 0.25) is 0 Å². The molecule has 1 heterocycles. The van der Waals surface area contributed by atoms with Gasteiger partial charge in [-0.15, -0.1) is 0 Å². The minimum atomic E-state index is -0.146. The van der Waals surface area contributed by atoms with Crippen LogP contribution in [0.3, 0.4) is 0 Å². The Balaban J connectivity index is 2.34. The van der Waals surface area contributed by atoms with Gasteiger partial charge in [0.15, 0.2) is 5.69 Å². The molecule has 1 N–H and O–H groups in total. The summed E-state index contributed by atoms with van der Waals surface area (Å²) in [6.07, 6.45) is 0. The van der Waals surface area contributed by atoms with E-state index in [9.17, 15) is 4.79 Å². The quantitative estimate of drug-likeness (QED) is 0.920. The number of amides is 1. The number of hydrogen-bond donors (Lipinski definition) is 1. The van der Waals surface area contributed by atoms with Crippen LogP contribution in [-0.2, 0) is 6.54 Å². The maximum atomic E-state index is 12.1. The molecule has 2 aromatic rings. The van der Waals surface area contributed by atoms with Crippen molar-refractivity contribution in [1.29, 1.82) is 0 Å². The minimum Gasteiger partial charge on any atom is -0.497 e. The normalized spacial score (nSPS) is 10.7. The van der Waals surface area contributed by atoms with Crippen LogP contribution in [0, 0.1) is 0 Å². The molecular formula is C16H21N3O2. The van der Waals surface area contributed by atoms with Gasteiger partial charge in [-0.3, -0.25) is 9.48 Å². The first-order chi connectivity index (χ1) is 10.0. The van der Waals surface area contributed by atoms with Gasteiger partial charge in [0.1, 0.15) is 5.75 Å². The summed E-state index contributed by atoms with van der Waals surface area (Å²) in [6.45, 7) is 6.57. The van der Waals surface area contributed by atoms with Crippen LogP contribution in [0.15, 0.2) is 30.3 Å². The number of carbonyl (C=O) groups excluding carboxylic acids is 1. The molecule has 0 aliphatic carbocycles. The van der Waals surface area contributed by atoms with Crippen LogP contribution in [0.5, 0.6) is 5.75 Å². The van der Waals surface area contributed by atoms with E-state index in [-0.39, 0.29) is 11.9 Å². The molecule has 2 rings (SSSR count). The maximum absolute atomic E-state index is 12.1. The van der Waals surface area contributed by atoms with E-state index in [1.165, 1.54) is 0 Å². The second kappa shape index (κ2) is 6.43. The van der Waals surface area contributed by atoms with Crippen molar-refractivity contribution < 1.29 is 9.53 Å². The number of ether oxygens (including phenoxy) is 1. The van der Waals surface area contributed by atoms with Crippen molar-refractivity contribution in [2.75, 3.05) is 7.11 Å². The Kier molecular flexibility index (Phi) is 4.62. The number of hydrogen-bond acceptors (Lipinski definition) is 3. The standard InChI is InChI=1S/C16H21N3O2/c1-5-19-15(12-6-8-13(21-4)9-7-12)10-14(18-19)16(20)17-11(2)3/h6-11H,5H2,1-4H3,(H,17,20). The van der Waals surface area contributed by atoms with E-state index in [0.29, 0.717) is 12.2 Å². The number of rotatable bonds is 5. The monoisotopic (exact) mass is 287 g/mol. The van der Waals surface area contributed by atoms with E-state index >= 15 is 0 Å². The van der Waals surface area contributed by atoms with E-state index in [0.717, 1.165) is 17.0 Å². The molecule has 0 saturated heterocycles. The summed E-state index contributed by atoms with van der Waals surface area (Å²) >= 11 is 0. The molecule has 1 aromatic carbocycles. The topological polar surface area (TPSA) is 56.2 Å². The minimum absolute atomic E-state index is 0.0914. The third kappa shape index (κ3) is 3.42. The van der Waals surface area contributed by atoms with Gasteiger partial charge >= 0.3 is 0 Å². The Bertz CT molecular complexity index is 615. The third-order valence-electron chi connectivity index (χ3n) is 3.12. The SMILES string of the molecule is CCn1nc(C(=O)NC(C)C)cc1-c1ccc(OC)cc1. The Labute approximate surface area is 124 Å². The average Bonchev–Trinajstić information content (AvgIpc) is 2.91. The van der Waals surface area contributed by atoms with Gasteiger partial charge < -0.3 is 10.1 Å². The highest BCUT2D eigenvalue weighted by molar-refractivity contribution is 5.93. The summed E-state index contributed by atoms with van der Waals surface area (Å²) in [5, 5.41) is 7.23. The number of nitrogens with one attached hydrogen (secondary N) is 1. The van der Waals surface area contributed by atoms with Crippen LogP contribution in [0.2, 0.25) is 0 Å². The maximum Gasteiger partial charge on any atom is 0.271 e. The fourth-order valence-electron chi connectivity index (χ4n) is 2.10. The molecule has 21 heavy (non-hydrogen) atoms. The van der Waals surface area contributed by atoms with Crippen molar-refractivity contribution in [3.8, 4) is 17.0 Å². The van der Waals surface area contributed by atoms with E-state index in [1.54, 1.807) is 7.11 Å². The van der Waals surface area contributed by atoms with Crippen LogP contribution in [0.1, 0.15) is 31.3 Å². The number of aromatic nitrogens is 2. The number of methoxy groups -OCH3 is 1. The molecule has 0 aliphatic heterocycles. The summed E-state index contributed by atoms with van der Waals surface area (Å²) in [7, 11) is 1.64. The van der Waals surface area contributed by atoms with Crippen molar-refractivity contribution in [2.45, 2.75) is 33.4 Å². The number of benzene rings is 1. The highest BCUT2D eigenvalue weighted by Gasteiger charge is 2.15. The predicted molar refractivity (Wildman–Crippen MR) is 82.5 cm³/mol. The Morgan fingerprint density at radius 2 is 2.00 bits per heavy atom. The molecule has 1 aromatic heterocycles. The first kappa shape index (κ1) is 15.1. The predicted octanol–water partition coefficient (Wildman–Crippen LogP) is 2.72. The lowest BCUT2D eigenvalue weighted by atomic mass is 10.1. The third-order valence-corrected chi connectivity index (χ3v) is 3.12. The average molecular weight is 287 g/mol. The number of nitrogens with zero attached hydrogens (tertiary/aromatic N) is 2. The Morgan fingerprint density at radius 3 is 2.52 bits per heavy atom. The summed E-state index contributed by atoms with van der Waals surface area (Å²) in [6, 6.07) is 9.64. The van der Waals surface area contributed by atoms with E-state index in [2.05, 4.69) is 10.4 Å². The van der Waals surface area contributed by atoms with Crippen LogP contribution < -0.4 is 10.1 Å². The van der Waals surface area contributed by atoms with Crippen LogP contribution in [-0.4, -0.2) is 28.8 Å². The van der Waals surface area contributed by atoms with Gasteiger partial charge in [-0.25, -0.2) is 0 Å². The smallest absolute Gasteiger partial charge is 0.271 e. The number of aryl methyl sites for hydroxylation is 1. The zero-order valence-electron chi connectivity index (χ0n) is 12.9. The van der Waals surface area contributed by atoms with Crippen molar-refractivity contribution in [1.82, 2.24) is 15.1 Å². The van der Waals surface area contributed by atoms with Crippen molar-refractivity contribution in [3.05, 3.63) is 36.0 Å². The number of carbonyl (C=O) groups is 1. The molecule has 0 spiro atoms. The van der Waals surface area contributed by atoms with Crippen molar-refractivity contribution >= 4 is 5.91 Å². The largest absolute Gasteiger partial charge is 0.497 e. The molecular weight excluding hydrogens is 266 g/mol. The fourth-order valence-corrected chi connectivity index (χ4v) is 2.10. The lowest BCUT2D eigenvalue weighted by Crippen LogP contribution is -2.30. The molecule has 0 fully saturated rings. The van der Waals surface area contributed by atoms with Gasteiger partial charge in [0.05, 0.1) is 12.8 Å². The lowest BCUT2D eigenvalue weighted by molar-refractivity contribution is 0.0937. The summed E-state index contributed by atoms with van der Waals surface area (Å²) < 4.78 is 6.99. The Morgan fingerprint density at radius 1 is 1.33 bits per heavy atom. The lowest BCUT2D eigenvalue weighted by Gasteiger charge is -2.05. The van der Waals surface area contributed by atoms with Gasteiger partial charge in [0, 0.05) is 18.2 Å². The van der Waals surface area contributed by atoms with Gasteiger partial charge in [0.25, 0.3) is 5.91 Å². The first-order valence-corrected chi connectivity index (χ1v) is 7.08. The second-order valence-corrected chi connectivity index (χ2v) is 5.09. The second-order valence-electron chi connectivity index (χ2n) is 5.09. The highest BCUT2D eigenvalue weighted by atomic mass is 16.5. The van der Waals surface area contributed by atoms with Crippen molar-refractivity contribution in [3.63, 3.8) is 0 Å². The highest BCUT2D eigenvalue weighted by Crippen LogP contribution is 2.23. The van der Waals surface area contributed by atoms with E-state index < -0.39 is 0 Å². The van der Waals surface area contributed by atoms with Gasteiger partial charge in [-0.2, -0.15) is 5.10 Å². The molecule has 5 nitrogen and oxygen atoms in total. The molecule has 112 valence electrons. The molecule has 0 saturated carbocycles. The van der Waals surface area contributed by atoms with Crippen molar-refractivity contribution in [2.24, 2.45) is 0 Å².